The van der Waals surface area contributed by atoms with Crippen LogP contribution in [0.5, 0.6) is 0 Å². The molecule has 5 nitrogen and oxygen atoms in total. The van der Waals surface area contributed by atoms with Crippen LogP contribution in [0.25, 0.3) is 0 Å². The maximum atomic E-state index is 6.17. The topological polar surface area (TPSA) is 60.6 Å². The van der Waals surface area contributed by atoms with E-state index in [1.165, 1.54) is 10.6 Å². The lowest BCUT2D eigenvalue weighted by atomic mass is 9.99. The monoisotopic (exact) mass is 283 g/mol. The average Bonchev–Trinajstić information content (AvgIpc) is 3.02. The second kappa shape index (κ2) is 5.36. The normalized spacial score (nSPS) is 30.7. The van der Waals surface area contributed by atoms with Crippen molar-refractivity contribution in [1.82, 2.24) is 4.98 Å². The van der Waals surface area contributed by atoms with Crippen LogP contribution in [0, 0.1) is 0 Å². The maximum Gasteiger partial charge on any atom is 0.186 e. The van der Waals surface area contributed by atoms with Crippen LogP contribution < -0.4 is 10.6 Å². The van der Waals surface area contributed by atoms with Crippen LogP contribution in [0.2, 0.25) is 0 Å². The van der Waals surface area contributed by atoms with Gasteiger partial charge in [0.15, 0.2) is 5.13 Å². The molecule has 0 bridgehead atoms. The Morgan fingerprint density at radius 1 is 1.26 bits per heavy atom. The summed E-state index contributed by atoms with van der Waals surface area (Å²) in [5, 5.41) is 1.07. The van der Waals surface area contributed by atoms with Crippen LogP contribution in [0.15, 0.2) is 0 Å². The SMILES string of the molecule is COC1CN(c2nc3c(s2)C(N)CCC3)CC1OC. The van der Waals surface area contributed by atoms with E-state index in [1.54, 1.807) is 25.6 Å². The van der Waals surface area contributed by atoms with Crippen molar-refractivity contribution in [3.05, 3.63) is 10.6 Å². The number of ether oxygens (including phenoxy) is 2. The fourth-order valence-electron chi connectivity index (χ4n) is 2.93. The Kier molecular flexibility index (Phi) is 3.75. The largest absolute Gasteiger partial charge is 0.377 e. The number of hydrogen-bond donors (Lipinski definition) is 1. The Morgan fingerprint density at radius 3 is 2.53 bits per heavy atom. The first-order valence-electron chi connectivity index (χ1n) is 6.78. The number of methoxy groups -OCH3 is 2. The summed E-state index contributed by atoms with van der Waals surface area (Å²) in [6.45, 7) is 1.69. The summed E-state index contributed by atoms with van der Waals surface area (Å²) in [6, 6.07) is 0.175. The third kappa shape index (κ3) is 2.38. The molecule has 2 N–H and O–H groups in total. The van der Waals surface area contributed by atoms with Gasteiger partial charge in [-0.2, -0.15) is 0 Å². The van der Waals surface area contributed by atoms with E-state index in [-0.39, 0.29) is 18.2 Å². The predicted octanol–water partition coefficient (Wildman–Crippen LogP) is 1.33. The van der Waals surface area contributed by atoms with E-state index in [2.05, 4.69) is 4.90 Å². The fraction of sp³-hybridized carbons (Fsp3) is 0.769. The summed E-state index contributed by atoms with van der Waals surface area (Å²) in [7, 11) is 3.48. The van der Waals surface area contributed by atoms with Crippen molar-refractivity contribution < 1.29 is 9.47 Å². The van der Waals surface area contributed by atoms with E-state index < -0.39 is 0 Å². The Bertz CT molecular complexity index is 439. The molecule has 3 atom stereocenters. The number of aryl methyl sites for hydroxylation is 1. The molecule has 1 saturated heterocycles. The minimum Gasteiger partial charge on any atom is -0.377 e. The Hall–Kier alpha value is -0.690. The van der Waals surface area contributed by atoms with E-state index in [1.807, 2.05) is 0 Å². The minimum atomic E-state index is 0.125. The molecule has 2 aliphatic rings. The maximum absolute atomic E-state index is 6.17. The van der Waals surface area contributed by atoms with Crippen molar-refractivity contribution >= 4 is 16.5 Å². The molecule has 0 saturated carbocycles. The lowest BCUT2D eigenvalue weighted by Gasteiger charge is -2.15. The van der Waals surface area contributed by atoms with Crippen LogP contribution >= 0.6 is 11.3 Å². The van der Waals surface area contributed by atoms with Gasteiger partial charge in [-0.3, -0.25) is 0 Å². The summed E-state index contributed by atoms with van der Waals surface area (Å²) in [5.74, 6) is 0. The first kappa shape index (κ1) is 13.3. The number of nitrogens with two attached hydrogens (primary N) is 1. The summed E-state index contributed by atoms with van der Waals surface area (Å²) < 4.78 is 11.0. The number of hydrogen-bond acceptors (Lipinski definition) is 6. The summed E-state index contributed by atoms with van der Waals surface area (Å²) >= 11 is 1.74. The van der Waals surface area contributed by atoms with Gasteiger partial charge in [-0.15, -0.1) is 0 Å². The third-order valence-electron chi connectivity index (χ3n) is 4.07. The quantitative estimate of drug-likeness (QED) is 0.907. The number of aromatic nitrogens is 1. The standard InChI is InChI=1S/C13H21N3O2S/c1-17-10-6-16(7-11(10)18-2)13-15-9-5-3-4-8(14)12(9)19-13/h8,10-11H,3-7,14H2,1-2H3. The van der Waals surface area contributed by atoms with Crippen molar-refractivity contribution in [2.24, 2.45) is 5.73 Å². The molecule has 1 fully saturated rings. The zero-order valence-corrected chi connectivity index (χ0v) is 12.3. The van der Waals surface area contributed by atoms with Crippen molar-refractivity contribution in [2.75, 3.05) is 32.2 Å². The molecule has 6 heteroatoms. The second-order valence-corrected chi connectivity index (χ2v) is 6.27. The lowest BCUT2D eigenvalue weighted by molar-refractivity contribution is -0.00461. The Labute approximate surface area is 117 Å². The van der Waals surface area contributed by atoms with Gasteiger partial charge in [0.1, 0.15) is 12.2 Å². The summed E-state index contributed by atoms with van der Waals surface area (Å²) in [6.07, 6.45) is 3.54. The number of rotatable bonds is 3. The molecule has 3 rings (SSSR count). The van der Waals surface area contributed by atoms with Gasteiger partial charge in [-0.05, 0) is 19.3 Å². The molecule has 1 aromatic rings. The highest BCUT2D eigenvalue weighted by atomic mass is 32.1. The van der Waals surface area contributed by atoms with Gasteiger partial charge in [0, 0.05) is 38.2 Å². The average molecular weight is 283 g/mol. The van der Waals surface area contributed by atoms with Crippen LogP contribution in [0.1, 0.15) is 29.5 Å². The Morgan fingerprint density at radius 2 is 1.95 bits per heavy atom. The van der Waals surface area contributed by atoms with Gasteiger partial charge in [0.2, 0.25) is 0 Å². The van der Waals surface area contributed by atoms with Gasteiger partial charge in [0.05, 0.1) is 5.69 Å². The van der Waals surface area contributed by atoms with E-state index in [9.17, 15) is 0 Å². The van der Waals surface area contributed by atoms with Crippen molar-refractivity contribution in [3.63, 3.8) is 0 Å². The smallest absolute Gasteiger partial charge is 0.186 e. The summed E-state index contributed by atoms with van der Waals surface area (Å²) in [4.78, 5) is 8.31. The molecule has 1 aliphatic carbocycles. The van der Waals surface area contributed by atoms with Crippen LogP contribution in [-0.2, 0) is 15.9 Å². The van der Waals surface area contributed by atoms with E-state index >= 15 is 0 Å². The molecule has 106 valence electrons. The Balaban J connectivity index is 1.80. The molecular formula is C13H21N3O2S. The van der Waals surface area contributed by atoms with Crippen molar-refractivity contribution in [2.45, 2.75) is 37.5 Å². The van der Waals surface area contributed by atoms with Gasteiger partial charge in [-0.1, -0.05) is 11.3 Å². The molecule has 0 spiro atoms. The zero-order chi connectivity index (χ0) is 13.4. The van der Waals surface area contributed by atoms with Crippen molar-refractivity contribution in [1.29, 1.82) is 0 Å². The molecule has 19 heavy (non-hydrogen) atoms. The third-order valence-corrected chi connectivity index (χ3v) is 5.36. The van der Waals surface area contributed by atoms with E-state index in [0.29, 0.717) is 0 Å². The van der Waals surface area contributed by atoms with Gasteiger partial charge < -0.3 is 20.1 Å². The molecule has 1 aromatic heterocycles. The minimum absolute atomic E-state index is 0.125. The first-order chi connectivity index (χ1) is 9.22. The van der Waals surface area contributed by atoms with E-state index in [4.69, 9.17) is 20.2 Å². The van der Waals surface area contributed by atoms with Crippen LogP contribution in [0.4, 0.5) is 5.13 Å². The van der Waals surface area contributed by atoms with Crippen LogP contribution in [0.3, 0.4) is 0 Å². The van der Waals surface area contributed by atoms with E-state index in [0.717, 1.165) is 37.5 Å². The van der Waals surface area contributed by atoms with Gasteiger partial charge >= 0.3 is 0 Å². The van der Waals surface area contributed by atoms with Gasteiger partial charge in [0.25, 0.3) is 0 Å². The van der Waals surface area contributed by atoms with Crippen molar-refractivity contribution in [3.8, 4) is 0 Å². The zero-order valence-electron chi connectivity index (χ0n) is 11.5. The highest BCUT2D eigenvalue weighted by molar-refractivity contribution is 7.15. The predicted molar refractivity (Wildman–Crippen MR) is 75.8 cm³/mol. The molecule has 0 aromatic carbocycles. The highest BCUT2D eigenvalue weighted by Crippen LogP contribution is 2.37. The second-order valence-electron chi connectivity index (χ2n) is 5.26. The fourth-order valence-corrected chi connectivity index (χ4v) is 4.09. The molecular weight excluding hydrogens is 262 g/mol. The number of thiazole rings is 1. The molecule has 1 aliphatic heterocycles. The number of fused-ring (bicyclic) bond motifs is 1. The molecule has 2 heterocycles. The molecule has 3 unspecified atom stereocenters. The number of anilines is 1. The molecule has 0 amide bonds. The number of nitrogens with zero attached hydrogens (tertiary/aromatic N) is 2. The van der Waals surface area contributed by atoms with Crippen LogP contribution in [-0.4, -0.2) is 44.5 Å². The highest BCUT2D eigenvalue weighted by Gasteiger charge is 2.35. The lowest BCUT2D eigenvalue weighted by Crippen LogP contribution is -2.27. The molecule has 0 radical (unpaired) electrons. The summed E-state index contributed by atoms with van der Waals surface area (Å²) in [5.41, 5.74) is 7.37. The first-order valence-corrected chi connectivity index (χ1v) is 7.60. The van der Waals surface area contributed by atoms with Gasteiger partial charge in [-0.25, -0.2) is 4.98 Å².